The SMILES string of the molecule is CCOc1cc(C=Nn2c(C3CCCCC3)nc3ccc(Br)cc3c2=O)cc(I)c1OCC(=O)Nc1cccc(F)c1. The van der Waals surface area contributed by atoms with E-state index in [1.54, 1.807) is 24.4 Å². The number of hydrogen-bond donors (Lipinski definition) is 1. The first kappa shape index (κ1) is 30.1. The summed E-state index contributed by atoms with van der Waals surface area (Å²) < 4.78 is 28.0. The van der Waals surface area contributed by atoms with E-state index in [9.17, 15) is 14.0 Å². The summed E-state index contributed by atoms with van der Waals surface area (Å²) in [6, 6.07) is 14.8. The van der Waals surface area contributed by atoms with Crippen molar-refractivity contribution in [3.05, 3.63) is 90.2 Å². The van der Waals surface area contributed by atoms with Crippen LogP contribution in [0.15, 0.2) is 69.0 Å². The van der Waals surface area contributed by atoms with Gasteiger partial charge in [-0.25, -0.2) is 9.37 Å². The summed E-state index contributed by atoms with van der Waals surface area (Å²) in [6.45, 7) is 1.93. The Bertz CT molecular complexity index is 1700. The number of nitrogens with one attached hydrogen (secondary N) is 1. The number of carbonyl (C=O) groups excluding carboxylic acids is 1. The first-order valence-electron chi connectivity index (χ1n) is 13.7. The molecule has 5 rings (SSSR count). The van der Waals surface area contributed by atoms with Gasteiger partial charge in [0.15, 0.2) is 18.1 Å². The lowest BCUT2D eigenvalue weighted by Gasteiger charge is -2.22. The van der Waals surface area contributed by atoms with Crippen LogP contribution in [0.2, 0.25) is 0 Å². The van der Waals surface area contributed by atoms with E-state index in [1.165, 1.54) is 29.3 Å². The molecule has 3 aromatic carbocycles. The Morgan fingerprint density at radius 3 is 2.74 bits per heavy atom. The minimum atomic E-state index is -0.445. The first-order valence-corrected chi connectivity index (χ1v) is 15.6. The third-order valence-corrected chi connectivity index (χ3v) is 8.21. The zero-order valence-corrected chi connectivity index (χ0v) is 26.7. The van der Waals surface area contributed by atoms with Gasteiger partial charge >= 0.3 is 0 Å². The van der Waals surface area contributed by atoms with Gasteiger partial charge in [0.05, 0.1) is 27.3 Å². The third kappa shape index (κ3) is 7.17. The number of amides is 1. The highest BCUT2D eigenvalue weighted by Crippen LogP contribution is 2.35. The zero-order chi connectivity index (χ0) is 29.6. The minimum absolute atomic E-state index is 0.157. The number of benzene rings is 3. The molecule has 0 spiro atoms. The second-order valence-electron chi connectivity index (χ2n) is 9.94. The Morgan fingerprint density at radius 1 is 1.17 bits per heavy atom. The Hall–Kier alpha value is -3.32. The molecule has 1 fully saturated rings. The van der Waals surface area contributed by atoms with Crippen molar-refractivity contribution in [2.45, 2.75) is 44.9 Å². The molecular formula is C31H29BrFIN4O4. The molecule has 1 N–H and O–H groups in total. The van der Waals surface area contributed by atoms with Crippen molar-refractivity contribution >= 4 is 67.2 Å². The largest absolute Gasteiger partial charge is 0.490 e. The second-order valence-corrected chi connectivity index (χ2v) is 12.0. The van der Waals surface area contributed by atoms with E-state index < -0.39 is 11.7 Å². The average molecular weight is 747 g/mol. The maximum Gasteiger partial charge on any atom is 0.282 e. The number of rotatable bonds is 9. The molecule has 11 heteroatoms. The van der Waals surface area contributed by atoms with Crippen LogP contribution in [0.1, 0.15) is 56.3 Å². The highest BCUT2D eigenvalue weighted by Gasteiger charge is 2.23. The van der Waals surface area contributed by atoms with Gasteiger partial charge in [0, 0.05) is 16.1 Å². The predicted molar refractivity (Wildman–Crippen MR) is 173 cm³/mol. The van der Waals surface area contributed by atoms with E-state index in [4.69, 9.17) is 14.5 Å². The third-order valence-electron chi connectivity index (χ3n) is 6.91. The molecule has 218 valence electrons. The lowest BCUT2D eigenvalue weighted by Crippen LogP contribution is -2.25. The highest BCUT2D eigenvalue weighted by molar-refractivity contribution is 14.1. The smallest absolute Gasteiger partial charge is 0.282 e. The molecular weight excluding hydrogens is 718 g/mol. The van der Waals surface area contributed by atoms with Gasteiger partial charge < -0.3 is 14.8 Å². The molecule has 0 bridgehead atoms. The highest BCUT2D eigenvalue weighted by atomic mass is 127. The van der Waals surface area contributed by atoms with Crippen LogP contribution < -0.4 is 20.3 Å². The monoisotopic (exact) mass is 746 g/mol. The average Bonchev–Trinajstić information content (AvgIpc) is 2.97. The summed E-state index contributed by atoms with van der Waals surface area (Å²) in [4.78, 5) is 31.0. The van der Waals surface area contributed by atoms with Crippen molar-refractivity contribution in [2.75, 3.05) is 18.5 Å². The van der Waals surface area contributed by atoms with Gasteiger partial charge in [-0.05, 0) is 96.5 Å². The Morgan fingerprint density at radius 2 is 1.98 bits per heavy atom. The molecule has 1 saturated carbocycles. The molecule has 4 aromatic rings. The van der Waals surface area contributed by atoms with Gasteiger partial charge in [-0.2, -0.15) is 9.78 Å². The van der Waals surface area contributed by atoms with Crippen molar-refractivity contribution in [2.24, 2.45) is 5.10 Å². The number of nitrogens with zero attached hydrogens (tertiary/aromatic N) is 3. The van der Waals surface area contributed by atoms with E-state index in [0.717, 1.165) is 30.2 Å². The molecule has 1 aliphatic rings. The summed E-state index contributed by atoms with van der Waals surface area (Å²) >= 11 is 5.57. The number of hydrogen-bond acceptors (Lipinski definition) is 6. The number of ether oxygens (including phenoxy) is 2. The van der Waals surface area contributed by atoms with Crippen LogP contribution in [0, 0.1) is 9.39 Å². The molecule has 1 aromatic heterocycles. The minimum Gasteiger partial charge on any atom is -0.490 e. The van der Waals surface area contributed by atoms with Crippen molar-refractivity contribution in [3.8, 4) is 11.5 Å². The number of carbonyl (C=O) groups is 1. The van der Waals surface area contributed by atoms with E-state index >= 15 is 0 Å². The number of halogens is 3. The zero-order valence-electron chi connectivity index (χ0n) is 22.9. The fourth-order valence-corrected chi connectivity index (χ4v) is 6.14. The van der Waals surface area contributed by atoms with Crippen LogP contribution >= 0.6 is 38.5 Å². The molecule has 1 heterocycles. The summed E-state index contributed by atoms with van der Waals surface area (Å²) in [6.07, 6.45) is 6.93. The van der Waals surface area contributed by atoms with Crippen LogP contribution in [0.4, 0.5) is 10.1 Å². The molecule has 0 atom stereocenters. The molecule has 1 amide bonds. The molecule has 1 aliphatic carbocycles. The maximum absolute atomic E-state index is 13.6. The number of anilines is 1. The quantitative estimate of drug-likeness (QED) is 0.144. The molecule has 42 heavy (non-hydrogen) atoms. The van der Waals surface area contributed by atoms with Crippen molar-refractivity contribution in [1.29, 1.82) is 0 Å². The molecule has 8 nitrogen and oxygen atoms in total. The van der Waals surface area contributed by atoms with Gasteiger partial charge in [0.2, 0.25) is 0 Å². The standard InChI is InChI=1S/C31H29BrFIN4O4/c1-2-41-27-14-19(13-25(34)29(27)42-18-28(39)36-23-10-6-9-22(33)16-23)17-35-38-30(20-7-4-3-5-8-20)37-26-12-11-21(32)15-24(26)31(38)40/h6,9-17,20H,2-5,7-8,18H2,1H3,(H,36,39). The van der Waals surface area contributed by atoms with Gasteiger partial charge in [0.25, 0.3) is 11.5 Å². The number of fused-ring (bicyclic) bond motifs is 1. The second kappa shape index (κ2) is 13.8. The summed E-state index contributed by atoms with van der Waals surface area (Å²) in [5, 5.41) is 7.75. The van der Waals surface area contributed by atoms with Crippen LogP contribution in [0.5, 0.6) is 11.5 Å². The van der Waals surface area contributed by atoms with Gasteiger partial charge in [-0.15, -0.1) is 0 Å². The van der Waals surface area contributed by atoms with E-state index in [2.05, 4.69) is 48.9 Å². The van der Waals surface area contributed by atoms with Gasteiger partial charge in [-0.1, -0.05) is 41.3 Å². The van der Waals surface area contributed by atoms with Crippen LogP contribution in [-0.4, -0.2) is 35.0 Å². The number of aromatic nitrogens is 2. The normalized spacial score (nSPS) is 13.9. The van der Waals surface area contributed by atoms with Gasteiger partial charge in [-0.3, -0.25) is 9.59 Å². The molecule has 0 unspecified atom stereocenters. The molecule has 0 radical (unpaired) electrons. The predicted octanol–water partition coefficient (Wildman–Crippen LogP) is 7.25. The van der Waals surface area contributed by atoms with Crippen LogP contribution in [0.25, 0.3) is 10.9 Å². The summed E-state index contributed by atoms with van der Waals surface area (Å²) in [7, 11) is 0. The summed E-state index contributed by atoms with van der Waals surface area (Å²) in [5.74, 6) is 0.792. The van der Waals surface area contributed by atoms with Gasteiger partial charge in [0.1, 0.15) is 11.6 Å². The van der Waals surface area contributed by atoms with E-state index in [1.807, 2.05) is 25.1 Å². The van der Waals surface area contributed by atoms with E-state index in [-0.39, 0.29) is 18.1 Å². The maximum atomic E-state index is 13.6. The van der Waals surface area contributed by atoms with Crippen molar-refractivity contribution in [1.82, 2.24) is 9.66 Å². The molecule has 0 aliphatic heterocycles. The lowest BCUT2D eigenvalue weighted by molar-refractivity contribution is -0.118. The van der Waals surface area contributed by atoms with Crippen molar-refractivity contribution < 1.29 is 18.7 Å². The first-order chi connectivity index (χ1) is 20.3. The lowest BCUT2D eigenvalue weighted by atomic mass is 9.88. The van der Waals surface area contributed by atoms with Crippen molar-refractivity contribution in [3.63, 3.8) is 0 Å². The Balaban J connectivity index is 1.43. The van der Waals surface area contributed by atoms with E-state index in [0.29, 0.717) is 49.7 Å². The Labute approximate surface area is 264 Å². The Kier molecular flexibility index (Phi) is 9.88. The fourth-order valence-electron chi connectivity index (χ4n) is 4.99. The fraction of sp³-hybridized carbons (Fsp3) is 0.290. The summed E-state index contributed by atoms with van der Waals surface area (Å²) in [5.41, 5.74) is 1.47. The van der Waals surface area contributed by atoms with Crippen LogP contribution in [-0.2, 0) is 4.79 Å². The van der Waals surface area contributed by atoms with Crippen LogP contribution in [0.3, 0.4) is 0 Å². The topological polar surface area (TPSA) is 94.8 Å². The molecule has 0 saturated heterocycles.